The van der Waals surface area contributed by atoms with Crippen molar-refractivity contribution in [2.24, 2.45) is 0 Å². The Bertz CT molecular complexity index is 1090. The van der Waals surface area contributed by atoms with Gasteiger partial charge >= 0.3 is 5.97 Å². The van der Waals surface area contributed by atoms with Crippen LogP contribution in [0.15, 0.2) is 72.8 Å². The first-order chi connectivity index (χ1) is 14.0. The van der Waals surface area contributed by atoms with Crippen LogP contribution in [-0.4, -0.2) is 19.0 Å². The summed E-state index contributed by atoms with van der Waals surface area (Å²) in [6, 6.07) is 19.8. The minimum atomic E-state index is -0.417. The molecule has 0 spiro atoms. The largest absolute Gasteiger partial charge is 0.465 e. The van der Waals surface area contributed by atoms with Crippen LogP contribution in [0.1, 0.15) is 27.0 Å². The fraction of sp³-hybridized carbons (Fsp3) is 0.0833. The maximum absolute atomic E-state index is 13.0. The Labute approximate surface area is 168 Å². The Balaban J connectivity index is 1.69. The lowest BCUT2D eigenvalue weighted by Gasteiger charge is -2.06. The molecule has 0 saturated carbocycles. The number of halogens is 1. The van der Waals surface area contributed by atoms with Crippen LogP contribution in [0.5, 0.6) is 0 Å². The van der Waals surface area contributed by atoms with Crippen molar-refractivity contribution in [2.75, 3.05) is 12.4 Å². The van der Waals surface area contributed by atoms with E-state index in [1.807, 2.05) is 6.07 Å². The van der Waals surface area contributed by atoms with Crippen molar-refractivity contribution in [3.05, 3.63) is 101 Å². The highest BCUT2D eigenvalue weighted by atomic mass is 19.1. The predicted molar refractivity (Wildman–Crippen MR) is 109 cm³/mol. The van der Waals surface area contributed by atoms with Gasteiger partial charge in [-0.2, -0.15) is 0 Å². The third-order valence-electron chi connectivity index (χ3n) is 4.06. The Kier molecular flexibility index (Phi) is 6.39. The molecule has 0 aliphatic carbocycles. The zero-order chi connectivity index (χ0) is 20.6. The van der Waals surface area contributed by atoms with E-state index < -0.39 is 5.97 Å². The summed E-state index contributed by atoms with van der Waals surface area (Å²) in [5.74, 6) is 5.07. The van der Waals surface area contributed by atoms with E-state index in [4.69, 9.17) is 4.74 Å². The first-order valence-corrected chi connectivity index (χ1v) is 8.88. The molecule has 3 aromatic rings. The van der Waals surface area contributed by atoms with Gasteiger partial charge in [-0.1, -0.05) is 36.1 Å². The Morgan fingerprint density at radius 2 is 1.59 bits per heavy atom. The highest BCUT2D eigenvalue weighted by Crippen LogP contribution is 2.12. The summed E-state index contributed by atoms with van der Waals surface area (Å²) in [5.41, 5.74) is 3.17. The van der Waals surface area contributed by atoms with Crippen LogP contribution < -0.4 is 5.32 Å². The number of ether oxygens (including phenoxy) is 1. The second-order valence-electron chi connectivity index (χ2n) is 6.25. The fourth-order valence-electron chi connectivity index (χ4n) is 2.65. The van der Waals surface area contributed by atoms with Crippen LogP contribution in [0.2, 0.25) is 0 Å². The van der Waals surface area contributed by atoms with Crippen LogP contribution >= 0.6 is 0 Å². The van der Waals surface area contributed by atoms with Gasteiger partial charge in [0.15, 0.2) is 0 Å². The molecule has 0 bridgehead atoms. The zero-order valence-electron chi connectivity index (χ0n) is 15.7. The lowest BCUT2D eigenvalue weighted by Crippen LogP contribution is -2.14. The van der Waals surface area contributed by atoms with Crippen molar-refractivity contribution in [1.29, 1.82) is 0 Å². The lowest BCUT2D eigenvalue weighted by molar-refractivity contribution is -0.115. The SMILES string of the molecule is COC(=O)c1cccc(C#Cc2cccc(NC(=O)Cc3ccc(F)cc3)c2)c1. The number of amides is 1. The molecule has 0 unspecified atom stereocenters. The monoisotopic (exact) mass is 387 g/mol. The molecule has 29 heavy (non-hydrogen) atoms. The van der Waals surface area contributed by atoms with E-state index >= 15 is 0 Å². The first kappa shape index (κ1) is 19.8. The number of rotatable bonds is 4. The standard InChI is InChI=1S/C24H18FNO3/c1-29-24(28)20-6-2-4-17(14-20)8-9-18-5-3-7-22(15-18)26-23(27)16-19-10-12-21(25)13-11-19/h2-7,10-15H,16H2,1H3,(H,26,27). The molecule has 0 aliphatic heterocycles. The molecule has 1 amide bonds. The van der Waals surface area contributed by atoms with E-state index in [0.717, 1.165) is 5.56 Å². The number of nitrogens with one attached hydrogen (secondary N) is 1. The van der Waals surface area contributed by atoms with Crippen molar-refractivity contribution >= 4 is 17.6 Å². The molecule has 0 aromatic heterocycles. The minimum Gasteiger partial charge on any atom is -0.465 e. The van der Waals surface area contributed by atoms with Gasteiger partial charge in [-0.3, -0.25) is 4.79 Å². The summed E-state index contributed by atoms with van der Waals surface area (Å²) in [6.07, 6.45) is 0.149. The van der Waals surface area contributed by atoms with Crippen molar-refractivity contribution in [2.45, 2.75) is 6.42 Å². The van der Waals surface area contributed by atoms with E-state index in [1.165, 1.54) is 19.2 Å². The highest BCUT2D eigenvalue weighted by molar-refractivity contribution is 5.92. The summed E-state index contributed by atoms with van der Waals surface area (Å²) in [7, 11) is 1.33. The molecule has 1 N–H and O–H groups in total. The number of hydrogen-bond acceptors (Lipinski definition) is 3. The second-order valence-corrected chi connectivity index (χ2v) is 6.25. The number of benzene rings is 3. The molecule has 0 atom stereocenters. The Morgan fingerprint density at radius 1 is 0.931 bits per heavy atom. The minimum absolute atomic E-state index is 0.149. The number of anilines is 1. The molecular formula is C24H18FNO3. The molecule has 0 fully saturated rings. The molecule has 3 rings (SSSR count). The number of carbonyl (C=O) groups is 2. The fourth-order valence-corrected chi connectivity index (χ4v) is 2.65. The van der Waals surface area contributed by atoms with E-state index in [1.54, 1.807) is 54.6 Å². The molecule has 144 valence electrons. The second kappa shape index (κ2) is 9.34. The van der Waals surface area contributed by atoms with Crippen LogP contribution in [0, 0.1) is 17.7 Å². The number of carbonyl (C=O) groups excluding carboxylic acids is 2. The summed E-state index contributed by atoms with van der Waals surface area (Å²) >= 11 is 0. The highest BCUT2D eigenvalue weighted by Gasteiger charge is 2.06. The molecule has 5 heteroatoms. The van der Waals surface area contributed by atoms with Gasteiger partial charge in [-0.15, -0.1) is 0 Å². The first-order valence-electron chi connectivity index (χ1n) is 8.88. The Hall–Kier alpha value is -3.91. The van der Waals surface area contributed by atoms with Gasteiger partial charge in [-0.25, -0.2) is 9.18 Å². The molecule has 0 saturated heterocycles. The van der Waals surface area contributed by atoms with Gasteiger partial charge in [0.1, 0.15) is 5.82 Å². The van der Waals surface area contributed by atoms with E-state index in [0.29, 0.717) is 22.4 Å². The number of esters is 1. The Morgan fingerprint density at radius 3 is 2.28 bits per heavy atom. The van der Waals surface area contributed by atoms with Gasteiger partial charge in [-0.05, 0) is 54.1 Å². The zero-order valence-corrected chi connectivity index (χ0v) is 15.7. The third kappa shape index (κ3) is 5.78. The summed E-state index contributed by atoms with van der Waals surface area (Å²) in [6.45, 7) is 0. The van der Waals surface area contributed by atoms with Gasteiger partial charge in [0.2, 0.25) is 5.91 Å². The van der Waals surface area contributed by atoms with Crippen LogP contribution in [0.4, 0.5) is 10.1 Å². The average molecular weight is 387 g/mol. The van der Waals surface area contributed by atoms with Crippen molar-refractivity contribution in [1.82, 2.24) is 0 Å². The average Bonchev–Trinajstić information content (AvgIpc) is 2.74. The normalized spacial score (nSPS) is 9.86. The maximum Gasteiger partial charge on any atom is 0.337 e. The van der Waals surface area contributed by atoms with E-state index in [2.05, 4.69) is 17.2 Å². The molecular weight excluding hydrogens is 369 g/mol. The van der Waals surface area contributed by atoms with Crippen LogP contribution in [0.3, 0.4) is 0 Å². The van der Waals surface area contributed by atoms with Gasteiger partial charge < -0.3 is 10.1 Å². The van der Waals surface area contributed by atoms with Gasteiger partial charge in [0.05, 0.1) is 19.1 Å². The molecule has 0 radical (unpaired) electrons. The quantitative estimate of drug-likeness (QED) is 0.539. The summed E-state index contributed by atoms with van der Waals surface area (Å²) < 4.78 is 17.7. The summed E-state index contributed by atoms with van der Waals surface area (Å²) in [4.78, 5) is 23.8. The maximum atomic E-state index is 13.0. The van der Waals surface area contributed by atoms with Crippen molar-refractivity contribution in [3.8, 4) is 11.8 Å². The topological polar surface area (TPSA) is 55.4 Å². The molecule has 0 heterocycles. The van der Waals surface area contributed by atoms with Crippen molar-refractivity contribution < 1.29 is 18.7 Å². The van der Waals surface area contributed by atoms with Gasteiger partial charge in [0, 0.05) is 16.8 Å². The van der Waals surface area contributed by atoms with Crippen LogP contribution in [0.25, 0.3) is 0 Å². The number of methoxy groups -OCH3 is 1. The van der Waals surface area contributed by atoms with Crippen molar-refractivity contribution in [3.63, 3.8) is 0 Å². The summed E-state index contributed by atoms with van der Waals surface area (Å²) in [5, 5.41) is 2.81. The third-order valence-corrected chi connectivity index (χ3v) is 4.06. The van der Waals surface area contributed by atoms with Gasteiger partial charge in [0.25, 0.3) is 0 Å². The van der Waals surface area contributed by atoms with E-state index in [-0.39, 0.29) is 18.1 Å². The predicted octanol–water partition coefficient (Wildman–Crippen LogP) is 4.19. The molecule has 4 nitrogen and oxygen atoms in total. The van der Waals surface area contributed by atoms with E-state index in [9.17, 15) is 14.0 Å². The number of hydrogen-bond donors (Lipinski definition) is 1. The lowest BCUT2D eigenvalue weighted by atomic mass is 10.1. The molecule has 0 aliphatic rings. The smallest absolute Gasteiger partial charge is 0.337 e. The molecule has 3 aromatic carbocycles. The van der Waals surface area contributed by atoms with Crippen LogP contribution in [-0.2, 0) is 16.0 Å².